The molecule has 90 valence electrons. The molecule has 0 saturated heterocycles. The minimum absolute atomic E-state index is 0.735. The van der Waals surface area contributed by atoms with Gasteiger partial charge in [0.05, 0.1) is 14.2 Å². The maximum atomic E-state index is 5.62. The summed E-state index contributed by atoms with van der Waals surface area (Å²) in [6.07, 6.45) is 1.06. The third-order valence-electron chi connectivity index (χ3n) is 2.14. The summed E-state index contributed by atoms with van der Waals surface area (Å²) in [6, 6.07) is 6.03. The molecular formula is C12H17ClO2S. The van der Waals surface area contributed by atoms with Crippen molar-refractivity contribution in [1.82, 2.24) is 0 Å². The Morgan fingerprint density at radius 1 is 1.19 bits per heavy atom. The van der Waals surface area contributed by atoms with E-state index in [1.54, 1.807) is 14.2 Å². The predicted octanol–water partition coefficient (Wildman–Crippen LogP) is 3.57. The topological polar surface area (TPSA) is 18.5 Å². The number of halogens is 1. The van der Waals surface area contributed by atoms with Crippen LogP contribution in [0.2, 0.25) is 0 Å². The van der Waals surface area contributed by atoms with E-state index < -0.39 is 0 Å². The molecule has 4 heteroatoms. The second-order valence-electron chi connectivity index (χ2n) is 3.28. The van der Waals surface area contributed by atoms with E-state index in [-0.39, 0.29) is 0 Å². The highest BCUT2D eigenvalue weighted by Gasteiger charge is 2.04. The van der Waals surface area contributed by atoms with E-state index in [0.717, 1.165) is 35.3 Å². The average molecular weight is 261 g/mol. The van der Waals surface area contributed by atoms with Crippen LogP contribution in [-0.4, -0.2) is 25.9 Å². The Hall–Kier alpha value is -0.540. The number of rotatable bonds is 7. The molecule has 0 aliphatic carbocycles. The van der Waals surface area contributed by atoms with Crippen molar-refractivity contribution < 1.29 is 9.47 Å². The second-order valence-corrected chi connectivity index (χ2v) is 4.77. The molecule has 2 nitrogen and oxygen atoms in total. The fourth-order valence-corrected chi connectivity index (χ4v) is 2.52. The number of benzene rings is 1. The lowest BCUT2D eigenvalue weighted by molar-refractivity contribution is 0.354. The van der Waals surface area contributed by atoms with Gasteiger partial charge in [0.2, 0.25) is 0 Å². The highest BCUT2D eigenvalue weighted by Crippen LogP contribution is 2.29. The molecule has 16 heavy (non-hydrogen) atoms. The van der Waals surface area contributed by atoms with Crippen LogP contribution in [0, 0.1) is 0 Å². The highest BCUT2D eigenvalue weighted by molar-refractivity contribution is 7.98. The van der Waals surface area contributed by atoms with Crippen molar-refractivity contribution in [3.8, 4) is 11.5 Å². The first-order valence-electron chi connectivity index (χ1n) is 5.16. The van der Waals surface area contributed by atoms with Crippen molar-refractivity contribution in [2.24, 2.45) is 0 Å². The summed E-state index contributed by atoms with van der Waals surface area (Å²) in [5.74, 6) is 4.38. The van der Waals surface area contributed by atoms with Gasteiger partial charge in [-0.3, -0.25) is 0 Å². The molecule has 0 amide bonds. The van der Waals surface area contributed by atoms with E-state index >= 15 is 0 Å². The summed E-state index contributed by atoms with van der Waals surface area (Å²) >= 11 is 7.50. The lowest BCUT2D eigenvalue weighted by Gasteiger charge is -2.09. The first-order valence-corrected chi connectivity index (χ1v) is 6.85. The van der Waals surface area contributed by atoms with E-state index in [4.69, 9.17) is 21.1 Å². The van der Waals surface area contributed by atoms with Crippen molar-refractivity contribution in [2.45, 2.75) is 12.2 Å². The molecule has 0 unspecified atom stereocenters. The summed E-state index contributed by atoms with van der Waals surface area (Å²) < 4.78 is 10.4. The van der Waals surface area contributed by atoms with Crippen molar-refractivity contribution in [2.75, 3.05) is 25.9 Å². The van der Waals surface area contributed by atoms with Crippen LogP contribution in [0.1, 0.15) is 12.0 Å². The minimum atomic E-state index is 0.735. The molecule has 0 aromatic heterocycles. The third-order valence-corrected chi connectivity index (χ3v) is 3.52. The summed E-state index contributed by atoms with van der Waals surface area (Å²) in [5, 5.41) is 0. The molecule has 1 aromatic carbocycles. The zero-order chi connectivity index (χ0) is 11.8. The monoisotopic (exact) mass is 260 g/mol. The van der Waals surface area contributed by atoms with E-state index in [1.807, 2.05) is 23.9 Å². The van der Waals surface area contributed by atoms with Gasteiger partial charge in [-0.15, -0.1) is 11.6 Å². The van der Waals surface area contributed by atoms with Crippen molar-refractivity contribution in [1.29, 1.82) is 0 Å². The number of hydrogen-bond acceptors (Lipinski definition) is 3. The maximum Gasteiger partial charge on any atom is 0.161 e. The molecule has 0 atom stereocenters. The van der Waals surface area contributed by atoms with Crippen LogP contribution in [0.15, 0.2) is 18.2 Å². The molecular weight excluding hydrogens is 244 g/mol. The van der Waals surface area contributed by atoms with Gasteiger partial charge in [-0.25, -0.2) is 0 Å². The Balaban J connectivity index is 2.54. The van der Waals surface area contributed by atoms with Gasteiger partial charge in [-0.2, -0.15) is 11.8 Å². The van der Waals surface area contributed by atoms with Crippen molar-refractivity contribution >= 4 is 23.4 Å². The first kappa shape index (κ1) is 13.5. The zero-order valence-corrected chi connectivity index (χ0v) is 11.2. The summed E-state index contributed by atoms with van der Waals surface area (Å²) in [4.78, 5) is 0. The fourth-order valence-electron chi connectivity index (χ4n) is 1.32. The molecule has 0 aliphatic heterocycles. The molecule has 0 radical (unpaired) electrons. The molecule has 1 rings (SSSR count). The maximum absolute atomic E-state index is 5.62. The molecule has 0 bridgehead atoms. The second kappa shape index (κ2) is 7.69. The summed E-state index contributed by atoms with van der Waals surface area (Å²) in [5.41, 5.74) is 1.25. The lowest BCUT2D eigenvalue weighted by atomic mass is 10.2. The Bertz CT molecular complexity index is 318. The van der Waals surface area contributed by atoms with Crippen LogP contribution in [0.25, 0.3) is 0 Å². The number of methoxy groups -OCH3 is 2. The number of alkyl halides is 1. The SMILES string of the molecule is COc1ccc(CSCCCCl)cc1OC. The molecule has 0 N–H and O–H groups in total. The predicted molar refractivity (Wildman–Crippen MR) is 71.0 cm³/mol. The van der Waals surface area contributed by atoms with E-state index in [2.05, 4.69) is 6.07 Å². The molecule has 0 fully saturated rings. The zero-order valence-electron chi connectivity index (χ0n) is 9.66. The van der Waals surface area contributed by atoms with Crippen molar-refractivity contribution in [3.05, 3.63) is 23.8 Å². The van der Waals surface area contributed by atoms with E-state index in [9.17, 15) is 0 Å². The number of thioether (sulfide) groups is 1. The van der Waals surface area contributed by atoms with Crippen LogP contribution >= 0.6 is 23.4 Å². The largest absolute Gasteiger partial charge is 0.493 e. The minimum Gasteiger partial charge on any atom is -0.493 e. The van der Waals surface area contributed by atoms with Gasteiger partial charge in [-0.1, -0.05) is 6.07 Å². The van der Waals surface area contributed by atoms with Crippen LogP contribution in [-0.2, 0) is 5.75 Å². The Morgan fingerprint density at radius 2 is 1.94 bits per heavy atom. The summed E-state index contributed by atoms with van der Waals surface area (Å²) in [6.45, 7) is 0. The van der Waals surface area contributed by atoms with E-state index in [0.29, 0.717) is 0 Å². The molecule has 0 heterocycles. The van der Waals surface area contributed by atoms with E-state index in [1.165, 1.54) is 5.56 Å². The Labute approximate surface area is 106 Å². The van der Waals surface area contributed by atoms with Crippen LogP contribution < -0.4 is 9.47 Å². The number of hydrogen-bond donors (Lipinski definition) is 0. The highest BCUT2D eigenvalue weighted by atomic mass is 35.5. The fraction of sp³-hybridized carbons (Fsp3) is 0.500. The molecule has 0 saturated carbocycles. The number of ether oxygens (including phenoxy) is 2. The van der Waals surface area contributed by atoms with Crippen LogP contribution in [0.4, 0.5) is 0 Å². The van der Waals surface area contributed by atoms with Gasteiger partial charge in [0.15, 0.2) is 11.5 Å². The van der Waals surface area contributed by atoms with Gasteiger partial charge >= 0.3 is 0 Å². The van der Waals surface area contributed by atoms with Crippen molar-refractivity contribution in [3.63, 3.8) is 0 Å². The van der Waals surface area contributed by atoms with Crippen LogP contribution in [0.5, 0.6) is 11.5 Å². The van der Waals surface area contributed by atoms with Gasteiger partial charge in [0, 0.05) is 11.6 Å². The normalized spacial score (nSPS) is 10.2. The van der Waals surface area contributed by atoms with Gasteiger partial charge in [-0.05, 0) is 29.9 Å². The van der Waals surface area contributed by atoms with Crippen LogP contribution in [0.3, 0.4) is 0 Å². The van der Waals surface area contributed by atoms with Gasteiger partial charge in [0.25, 0.3) is 0 Å². The molecule has 1 aromatic rings. The average Bonchev–Trinajstić information content (AvgIpc) is 2.34. The quantitative estimate of drug-likeness (QED) is 0.552. The van der Waals surface area contributed by atoms with Gasteiger partial charge in [0.1, 0.15) is 0 Å². The Kier molecular flexibility index (Phi) is 6.50. The Morgan fingerprint density at radius 3 is 2.56 bits per heavy atom. The first-order chi connectivity index (χ1) is 7.81. The molecule has 0 spiro atoms. The van der Waals surface area contributed by atoms with Gasteiger partial charge < -0.3 is 9.47 Å². The standard InChI is InChI=1S/C12H17ClO2S/c1-14-11-5-4-10(8-12(11)15-2)9-16-7-3-6-13/h4-5,8H,3,6-7,9H2,1-2H3. The third kappa shape index (κ3) is 4.14. The lowest BCUT2D eigenvalue weighted by Crippen LogP contribution is -1.92. The summed E-state index contributed by atoms with van der Waals surface area (Å²) in [7, 11) is 3.30. The smallest absolute Gasteiger partial charge is 0.161 e. The molecule has 0 aliphatic rings.